The van der Waals surface area contributed by atoms with Crippen LogP contribution >= 0.6 is 0 Å². The summed E-state index contributed by atoms with van der Waals surface area (Å²) in [5, 5.41) is 11.6. The largest absolute Gasteiger partial charge is 0.481 e. The number of carbonyl (C=O) groups is 1. The summed E-state index contributed by atoms with van der Waals surface area (Å²) in [7, 11) is 3.26. The number of methoxy groups -OCH3 is 1. The van der Waals surface area contributed by atoms with E-state index in [1.165, 1.54) is 7.11 Å². The molecule has 5 nitrogen and oxygen atoms in total. The van der Waals surface area contributed by atoms with E-state index >= 15 is 0 Å². The average molecular weight is 210 g/mol. The second-order valence-corrected chi connectivity index (χ2v) is 3.07. The lowest BCUT2D eigenvalue weighted by molar-refractivity contribution is -0.137. The van der Waals surface area contributed by atoms with E-state index in [1.807, 2.05) is 0 Å². The molecule has 0 aliphatic rings. The first-order valence-corrected chi connectivity index (χ1v) is 4.56. The van der Waals surface area contributed by atoms with E-state index in [-0.39, 0.29) is 12.5 Å². The van der Waals surface area contributed by atoms with Crippen LogP contribution in [0.25, 0.3) is 0 Å². The normalized spacial score (nSPS) is 12.1. The lowest BCUT2D eigenvalue weighted by Gasteiger charge is -2.13. The second-order valence-electron chi connectivity index (χ2n) is 3.07. The maximum Gasteiger partial charge on any atom is 0.305 e. The lowest BCUT2D eigenvalue weighted by atomic mass is 10.1. The van der Waals surface area contributed by atoms with Crippen molar-refractivity contribution in [2.24, 2.45) is 0 Å². The maximum absolute atomic E-state index is 10.6. The van der Waals surface area contributed by atoms with Gasteiger partial charge in [-0.25, -0.2) is 4.98 Å². The van der Waals surface area contributed by atoms with Crippen molar-refractivity contribution in [2.45, 2.75) is 12.5 Å². The number of hydrogen-bond acceptors (Lipinski definition) is 4. The van der Waals surface area contributed by atoms with Gasteiger partial charge in [-0.2, -0.15) is 0 Å². The number of nitrogens with one attached hydrogen (secondary N) is 1. The summed E-state index contributed by atoms with van der Waals surface area (Å²) >= 11 is 0. The van der Waals surface area contributed by atoms with Crippen LogP contribution in [0.3, 0.4) is 0 Å². The van der Waals surface area contributed by atoms with Crippen molar-refractivity contribution >= 4 is 5.97 Å². The zero-order valence-electron chi connectivity index (χ0n) is 8.73. The number of aliphatic carboxylic acids is 1. The molecule has 0 spiro atoms. The summed E-state index contributed by atoms with van der Waals surface area (Å²) in [4.78, 5) is 14.6. The van der Waals surface area contributed by atoms with Gasteiger partial charge in [-0.3, -0.25) is 4.79 Å². The van der Waals surface area contributed by atoms with Gasteiger partial charge in [0, 0.05) is 18.3 Å². The highest BCUT2D eigenvalue weighted by molar-refractivity contribution is 5.67. The van der Waals surface area contributed by atoms with Gasteiger partial charge in [0.05, 0.1) is 13.5 Å². The van der Waals surface area contributed by atoms with Crippen molar-refractivity contribution in [3.05, 3.63) is 23.9 Å². The summed E-state index contributed by atoms with van der Waals surface area (Å²) < 4.78 is 4.92. The van der Waals surface area contributed by atoms with Gasteiger partial charge in [0.15, 0.2) is 0 Å². The predicted molar refractivity (Wildman–Crippen MR) is 54.8 cm³/mol. The van der Waals surface area contributed by atoms with Crippen LogP contribution in [-0.2, 0) is 4.79 Å². The van der Waals surface area contributed by atoms with E-state index in [1.54, 1.807) is 25.4 Å². The van der Waals surface area contributed by atoms with Gasteiger partial charge in [0.1, 0.15) is 0 Å². The fourth-order valence-electron chi connectivity index (χ4n) is 1.28. The standard InChI is InChI=1S/C10H14N2O3/c1-11-8(5-10(13)14)7-3-4-9(15-2)12-6-7/h3-4,6,8,11H,5H2,1-2H3,(H,13,14). The summed E-state index contributed by atoms with van der Waals surface area (Å²) in [6, 6.07) is 3.29. The number of aromatic nitrogens is 1. The van der Waals surface area contributed by atoms with Gasteiger partial charge in [-0.15, -0.1) is 0 Å². The molecule has 2 N–H and O–H groups in total. The van der Waals surface area contributed by atoms with Gasteiger partial charge in [-0.05, 0) is 12.6 Å². The van der Waals surface area contributed by atoms with E-state index < -0.39 is 5.97 Å². The van der Waals surface area contributed by atoms with Gasteiger partial charge in [0.2, 0.25) is 5.88 Å². The number of rotatable bonds is 5. The molecule has 0 saturated heterocycles. The Morgan fingerprint density at radius 3 is 2.80 bits per heavy atom. The van der Waals surface area contributed by atoms with Crippen LogP contribution in [-0.4, -0.2) is 30.2 Å². The van der Waals surface area contributed by atoms with Gasteiger partial charge >= 0.3 is 5.97 Å². The Kier molecular flexibility index (Phi) is 4.05. The minimum atomic E-state index is -0.842. The summed E-state index contributed by atoms with van der Waals surface area (Å²) in [5.74, 6) is -0.325. The van der Waals surface area contributed by atoms with Crippen molar-refractivity contribution in [2.75, 3.05) is 14.2 Å². The molecular weight excluding hydrogens is 196 g/mol. The molecule has 0 radical (unpaired) electrons. The zero-order valence-corrected chi connectivity index (χ0v) is 8.73. The van der Waals surface area contributed by atoms with Crippen LogP contribution in [0, 0.1) is 0 Å². The molecule has 82 valence electrons. The highest BCUT2D eigenvalue weighted by Gasteiger charge is 2.13. The zero-order chi connectivity index (χ0) is 11.3. The number of ether oxygens (including phenoxy) is 1. The Morgan fingerprint density at radius 1 is 1.67 bits per heavy atom. The van der Waals surface area contributed by atoms with Crippen LogP contribution in [0.4, 0.5) is 0 Å². The molecular formula is C10H14N2O3. The first-order chi connectivity index (χ1) is 7.17. The quantitative estimate of drug-likeness (QED) is 0.753. The van der Waals surface area contributed by atoms with Crippen molar-refractivity contribution in [1.82, 2.24) is 10.3 Å². The van der Waals surface area contributed by atoms with Crippen LogP contribution in [0.2, 0.25) is 0 Å². The highest BCUT2D eigenvalue weighted by atomic mass is 16.5. The van der Waals surface area contributed by atoms with Crippen LogP contribution in [0.5, 0.6) is 5.88 Å². The summed E-state index contributed by atoms with van der Waals surface area (Å²) in [6.45, 7) is 0. The topological polar surface area (TPSA) is 71.5 Å². The molecule has 1 unspecified atom stereocenters. The first-order valence-electron chi connectivity index (χ1n) is 4.56. The number of pyridine rings is 1. The van der Waals surface area contributed by atoms with Crippen molar-refractivity contribution < 1.29 is 14.6 Å². The Labute approximate surface area is 88.1 Å². The highest BCUT2D eigenvalue weighted by Crippen LogP contribution is 2.17. The lowest BCUT2D eigenvalue weighted by Crippen LogP contribution is -2.19. The molecule has 0 fully saturated rings. The molecule has 15 heavy (non-hydrogen) atoms. The van der Waals surface area contributed by atoms with Crippen molar-refractivity contribution in [1.29, 1.82) is 0 Å². The fourth-order valence-corrected chi connectivity index (χ4v) is 1.28. The first kappa shape index (κ1) is 11.5. The summed E-state index contributed by atoms with van der Waals surface area (Å²) in [5.41, 5.74) is 0.834. The average Bonchev–Trinajstić information content (AvgIpc) is 2.26. The molecule has 0 amide bonds. The Bertz CT molecular complexity index is 324. The third kappa shape index (κ3) is 3.21. The molecule has 1 rings (SSSR count). The minimum Gasteiger partial charge on any atom is -0.481 e. The molecule has 0 saturated carbocycles. The molecule has 1 atom stereocenters. The molecule has 1 heterocycles. The number of hydrogen-bond donors (Lipinski definition) is 2. The van der Waals surface area contributed by atoms with Gasteiger partial charge in [-0.1, -0.05) is 6.07 Å². The molecule has 1 aromatic rings. The SMILES string of the molecule is CNC(CC(=O)O)c1ccc(OC)nc1. The number of nitrogens with zero attached hydrogens (tertiary/aromatic N) is 1. The van der Waals surface area contributed by atoms with E-state index in [2.05, 4.69) is 10.3 Å². The van der Waals surface area contributed by atoms with E-state index in [4.69, 9.17) is 9.84 Å². The monoisotopic (exact) mass is 210 g/mol. The van der Waals surface area contributed by atoms with Crippen LogP contribution < -0.4 is 10.1 Å². The molecule has 0 aliphatic heterocycles. The van der Waals surface area contributed by atoms with Crippen LogP contribution in [0.1, 0.15) is 18.0 Å². The van der Waals surface area contributed by atoms with Crippen LogP contribution in [0.15, 0.2) is 18.3 Å². The molecule has 0 bridgehead atoms. The molecule has 0 aliphatic carbocycles. The van der Waals surface area contributed by atoms with E-state index in [0.29, 0.717) is 5.88 Å². The van der Waals surface area contributed by atoms with Crippen molar-refractivity contribution in [3.63, 3.8) is 0 Å². The summed E-state index contributed by atoms with van der Waals surface area (Å²) in [6.07, 6.45) is 1.65. The Balaban J connectivity index is 2.78. The number of carboxylic acids is 1. The Morgan fingerprint density at radius 2 is 2.40 bits per heavy atom. The number of carboxylic acid groups (broad SMARTS) is 1. The smallest absolute Gasteiger partial charge is 0.305 e. The maximum atomic E-state index is 10.6. The van der Waals surface area contributed by atoms with E-state index in [9.17, 15) is 4.79 Å². The third-order valence-electron chi connectivity index (χ3n) is 2.10. The second kappa shape index (κ2) is 5.31. The minimum absolute atomic E-state index is 0.0323. The van der Waals surface area contributed by atoms with Gasteiger partial charge in [0.25, 0.3) is 0 Å². The van der Waals surface area contributed by atoms with Crippen molar-refractivity contribution in [3.8, 4) is 5.88 Å². The third-order valence-corrected chi connectivity index (χ3v) is 2.10. The fraction of sp³-hybridized carbons (Fsp3) is 0.400. The van der Waals surface area contributed by atoms with E-state index in [0.717, 1.165) is 5.56 Å². The predicted octanol–water partition coefficient (Wildman–Crippen LogP) is 0.825. The molecule has 5 heteroatoms. The molecule has 1 aromatic heterocycles. The Hall–Kier alpha value is -1.62. The van der Waals surface area contributed by atoms with Gasteiger partial charge < -0.3 is 15.2 Å². The molecule has 0 aromatic carbocycles.